The highest BCUT2D eigenvalue weighted by Crippen LogP contribution is 2.44. The molecule has 0 spiro atoms. The minimum Gasteiger partial charge on any atom is -0.444 e. The highest BCUT2D eigenvalue weighted by Gasteiger charge is 2.39. The van der Waals surface area contributed by atoms with Gasteiger partial charge in [-0.1, -0.05) is 35.0 Å². The summed E-state index contributed by atoms with van der Waals surface area (Å²) in [7, 11) is 0. The van der Waals surface area contributed by atoms with Crippen LogP contribution in [0.4, 0.5) is 0 Å². The van der Waals surface area contributed by atoms with E-state index in [1.54, 1.807) is 0 Å². The minimum absolute atomic E-state index is 0.0407. The number of nitrogens with two attached hydrogens (primary N) is 1. The van der Waals surface area contributed by atoms with E-state index in [1.807, 2.05) is 31.2 Å². The number of benzene rings is 1. The normalized spacial score (nSPS) is 24.7. The number of ketones is 1. The van der Waals surface area contributed by atoms with Crippen LogP contribution in [0.15, 0.2) is 51.5 Å². The van der Waals surface area contributed by atoms with E-state index in [-0.39, 0.29) is 17.6 Å². The van der Waals surface area contributed by atoms with E-state index < -0.39 is 5.92 Å². The van der Waals surface area contributed by atoms with Gasteiger partial charge >= 0.3 is 0 Å². The van der Waals surface area contributed by atoms with Crippen molar-refractivity contribution in [3.8, 4) is 6.07 Å². The lowest BCUT2D eigenvalue weighted by molar-refractivity contribution is -0.117. The number of allylic oxidation sites excluding steroid dienone is 3. The SMILES string of the molecule is CC1CC(=O)C2=C(C1)OC(N)=C(C#N)C2c1cccc(Br)c1. The van der Waals surface area contributed by atoms with Crippen LogP contribution in [-0.2, 0) is 9.53 Å². The molecule has 1 aliphatic heterocycles. The van der Waals surface area contributed by atoms with Crippen LogP contribution in [0, 0.1) is 17.2 Å². The molecule has 0 saturated carbocycles. The standard InChI is InChI=1S/C17H15BrN2O2/c1-9-5-13(21)16-14(6-9)22-17(20)12(8-19)15(16)10-3-2-4-11(18)7-10/h2-4,7,9,15H,5-6,20H2,1H3. The monoisotopic (exact) mass is 358 g/mol. The summed E-state index contributed by atoms with van der Waals surface area (Å²) in [6.45, 7) is 2.01. The van der Waals surface area contributed by atoms with E-state index in [4.69, 9.17) is 10.5 Å². The van der Waals surface area contributed by atoms with Gasteiger partial charge in [0.25, 0.3) is 0 Å². The zero-order valence-corrected chi connectivity index (χ0v) is 13.7. The van der Waals surface area contributed by atoms with Gasteiger partial charge in [0.2, 0.25) is 5.88 Å². The molecule has 4 nitrogen and oxygen atoms in total. The maximum absolute atomic E-state index is 12.6. The number of hydrogen-bond acceptors (Lipinski definition) is 4. The van der Waals surface area contributed by atoms with Crippen LogP contribution in [0.5, 0.6) is 0 Å². The third-order valence-electron chi connectivity index (χ3n) is 4.05. The van der Waals surface area contributed by atoms with Crippen molar-refractivity contribution in [1.82, 2.24) is 0 Å². The van der Waals surface area contributed by atoms with Crippen molar-refractivity contribution in [3.05, 3.63) is 57.1 Å². The summed E-state index contributed by atoms with van der Waals surface area (Å²) in [6.07, 6.45) is 1.15. The van der Waals surface area contributed by atoms with Gasteiger partial charge < -0.3 is 10.5 Å². The van der Waals surface area contributed by atoms with Gasteiger partial charge in [-0.05, 0) is 23.6 Å². The number of rotatable bonds is 1. The van der Waals surface area contributed by atoms with Gasteiger partial charge in [-0.3, -0.25) is 4.79 Å². The molecular formula is C17H15BrN2O2. The average Bonchev–Trinajstić information content (AvgIpc) is 2.45. The van der Waals surface area contributed by atoms with Crippen molar-refractivity contribution in [2.45, 2.75) is 25.7 Å². The molecule has 0 saturated heterocycles. The van der Waals surface area contributed by atoms with Crippen molar-refractivity contribution in [3.63, 3.8) is 0 Å². The molecule has 0 aromatic heterocycles. The van der Waals surface area contributed by atoms with Gasteiger partial charge in [0.15, 0.2) is 5.78 Å². The van der Waals surface area contributed by atoms with Gasteiger partial charge in [-0.2, -0.15) is 5.26 Å². The molecule has 0 radical (unpaired) electrons. The highest BCUT2D eigenvalue weighted by atomic mass is 79.9. The summed E-state index contributed by atoms with van der Waals surface area (Å²) < 4.78 is 6.49. The molecule has 1 aromatic carbocycles. The zero-order chi connectivity index (χ0) is 15.9. The molecule has 0 bridgehead atoms. The van der Waals surface area contributed by atoms with Gasteiger partial charge in [-0.25, -0.2) is 0 Å². The van der Waals surface area contributed by atoms with E-state index in [9.17, 15) is 10.1 Å². The molecule has 2 aliphatic rings. The average molecular weight is 359 g/mol. The van der Waals surface area contributed by atoms with E-state index in [1.165, 1.54) is 0 Å². The minimum atomic E-state index is -0.439. The van der Waals surface area contributed by atoms with E-state index in [0.717, 1.165) is 10.0 Å². The second kappa shape index (κ2) is 5.62. The van der Waals surface area contributed by atoms with Crippen LogP contribution in [0.2, 0.25) is 0 Å². The summed E-state index contributed by atoms with van der Waals surface area (Å²) in [5.41, 5.74) is 7.69. The van der Waals surface area contributed by atoms with Crippen molar-refractivity contribution in [2.75, 3.05) is 0 Å². The molecule has 1 heterocycles. The number of nitrogens with zero attached hydrogens (tertiary/aromatic N) is 1. The molecule has 0 amide bonds. The third-order valence-corrected chi connectivity index (χ3v) is 4.54. The van der Waals surface area contributed by atoms with E-state index in [0.29, 0.717) is 29.7 Å². The molecule has 3 rings (SSSR count). The largest absolute Gasteiger partial charge is 0.444 e. The number of ether oxygens (including phenoxy) is 1. The first-order valence-electron chi connectivity index (χ1n) is 7.10. The fraction of sp³-hybridized carbons (Fsp3) is 0.294. The Morgan fingerprint density at radius 2 is 2.18 bits per heavy atom. The van der Waals surface area contributed by atoms with Crippen LogP contribution in [-0.4, -0.2) is 5.78 Å². The lowest BCUT2D eigenvalue weighted by atomic mass is 9.75. The summed E-state index contributed by atoms with van der Waals surface area (Å²) >= 11 is 3.44. The van der Waals surface area contributed by atoms with Gasteiger partial charge in [0, 0.05) is 22.9 Å². The Labute approximate surface area is 137 Å². The summed E-state index contributed by atoms with van der Waals surface area (Å²) in [5, 5.41) is 9.48. The third kappa shape index (κ3) is 2.44. The second-order valence-electron chi connectivity index (χ2n) is 5.75. The van der Waals surface area contributed by atoms with Gasteiger partial charge in [0.1, 0.15) is 17.4 Å². The molecule has 2 unspecified atom stereocenters. The zero-order valence-electron chi connectivity index (χ0n) is 12.1. The van der Waals surface area contributed by atoms with Crippen molar-refractivity contribution in [1.29, 1.82) is 5.26 Å². The van der Waals surface area contributed by atoms with Crippen LogP contribution in [0.1, 0.15) is 31.2 Å². The predicted octanol–water partition coefficient (Wildman–Crippen LogP) is 3.51. The first kappa shape index (κ1) is 14.9. The summed E-state index contributed by atoms with van der Waals surface area (Å²) in [4.78, 5) is 12.6. The Kier molecular flexibility index (Phi) is 3.79. The van der Waals surface area contributed by atoms with Gasteiger partial charge in [-0.15, -0.1) is 0 Å². The van der Waals surface area contributed by atoms with Crippen molar-refractivity contribution >= 4 is 21.7 Å². The number of halogens is 1. The Hall–Kier alpha value is -2.06. The second-order valence-corrected chi connectivity index (χ2v) is 6.67. The van der Waals surface area contributed by atoms with Crippen molar-refractivity contribution < 1.29 is 9.53 Å². The Morgan fingerprint density at radius 1 is 1.41 bits per heavy atom. The molecule has 0 fully saturated rings. The van der Waals surface area contributed by atoms with Crippen LogP contribution in [0.25, 0.3) is 0 Å². The van der Waals surface area contributed by atoms with E-state index in [2.05, 4.69) is 22.0 Å². The lowest BCUT2D eigenvalue weighted by Crippen LogP contribution is -2.29. The van der Waals surface area contributed by atoms with Gasteiger partial charge in [0.05, 0.1) is 5.92 Å². The molecule has 22 heavy (non-hydrogen) atoms. The topological polar surface area (TPSA) is 76.1 Å². The molecule has 2 atom stereocenters. The first-order valence-corrected chi connectivity index (χ1v) is 7.89. The Bertz CT molecular complexity index is 758. The van der Waals surface area contributed by atoms with Crippen molar-refractivity contribution in [2.24, 2.45) is 11.7 Å². The quantitative estimate of drug-likeness (QED) is 0.833. The van der Waals surface area contributed by atoms with Crippen LogP contribution < -0.4 is 5.73 Å². The number of hydrogen-bond donors (Lipinski definition) is 1. The molecule has 1 aromatic rings. The van der Waals surface area contributed by atoms with E-state index >= 15 is 0 Å². The fourth-order valence-corrected chi connectivity index (χ4v) is 3.53. The molecule has 5 heteroatoms. The predicted molar refractivity (Wildman–Crippen MR) is 85.2 cm³/mol. The number of Topliss-reactive ketones (excluding diaryl/α,β-unsaturated/α-hetero) is 1. The fourth-order valence-electron chi connectivity index (χ4n) is 3.11. The van der Waals surface area contributed by atoms with Crippen LogP contribution >= 0.6 is 15.9 Å². The highest BCUT2D eigenvalue weighted by molar-refractivity contribution is 9.10. The smallest absolute Gasteiger partial charge is 0.205 e. The maximum Gasteiger partial charge on any atom is 0.205 e. The van der Waals surface area contributed by atoms with Crippen LogP contribution in [0.3, 0.4) is 0 Å². The number of carbonyl (C=O) groups is 1. The molecule has 1 aliphatic carbocycles. The molecule has 2 N–H and O–H groups in total. The Balaban J connectivity index is 2.19. The lowest BCUT2D eigenvalue weighted by Gasteiger charge is -2.33. The molecular weight excluding hydrogens is 344 g/mol. The summed E-state index contributed by atoms with van der Waals surface area (Å²) in [5.74, 6) is 0.550. The first-order chi connectivity index (χ1) is 10.5. The Morgan fingerprint density at radius 3 is 2.86 bits per heavy atom. The summed E-state index contributed by atoms with van der Waals surface area (Å²) in [6, 6.07) is 9.72. The molecule has 112 valence electrons. The number of nitriles is 1. The number of carbonyl (C=O) groups excluding carboxylic acids is 1. The maximum atomic E-state index is 12.6.